The molecule has 0 bridgehead atoms. The molecule has 0 spiro atoms. The molecule has 6 atom stereocenters. The van der Waals surface area contributed by atoms with Crippen molar-refractivity contribution < 1.29 is 49.1 Å². The van der Waals surface area contributed by atoms with Gasteiger partial charge in [0.25, 0.3) is 0 Å². The molecule has 32 heavy (non-hydrogen) atoms. The molecular weight excluding hydrogens is 424 g/mol. The number of esters is 1. The minimum absolute atomic E-state index is 0.109. The molecule has 1 aromatic rings. The monoisotopic (exact) mass is 447 g/mol. The third-order valence-corrected chi connectivity index (χ3v) is 5.75. The van der Waals surface area contributed by atoms with E-state index in [0.717, 1.165) is 0 Å². The van der Waals surface area contributed by atoms with Crippen molar-refractivity contribution in [3.63, 3.8) is 0 Å². The van der Waals surface area contributed by atoms with Gasteiger partial charge in [0.2, 0.25) is 6.29 Å². The number of ketones is 2. The molecule has 1 heterocycles. The number of Topliss-reactive ketones (excluding diaryl/α,β-unsaturated/α-hetero) is 2. The maximum Gasteiger partial charge on any atom is 0.311 e. The smallest absolute Gasteiger partial charge is 0.311 e. The van der Waals surface area contributed by atoms with Crippen LogP contribution in [0, 0.1) is 5.92 Å². The van der Waals surface area contributed by atoms with E-state index in [1.54, 1.807) is 31.2 Å². The molecule has 1 aliphatic heterocycles. The summed E-state index contributed by atoms with van der Waals surface area (Å²) in [6.07, 6.45) is -9.38. The predicted molar refractivity (Wildman–Crippen MR) is 104 cm³/mol. The highest BCUT2D eigenvalue weighted by Crippen LogP contribution is 2.30. The minimum Gasteiger partial charge on any atom is -0.547 e. The van der Waals surface area contributed by atoms with Gasteiger partial charge in [-0.3, -0.25) is 14.4 Å². The quantitative estimate of drug-likeness (QED) is 0.455. The predicted octanol–water partition coefficient (Wildman–Crippen LogP) is -1.10. The summed E-state index contributed by atoms with van der Waals surface area (Å²) in [5.74, 6) is -4.11. The highest BCUT2D eigenvalue weighted by molar-refractivity contribution is 6.26. The average Bonchev–Trinajstić information content (AvgIpc) is 2.77. The first-order valence-corrected chi connectivity index (χ1v) is 10.0. The van der Waals surface area contributed by atoms with Crippen LogP contribution in [-0.2, 0) is 19.1 Å². The van der Waals surface area contributed by atoms with Gasteiger partial charge in [-0.15, -0.1) is 0 Å². The molecule has 1 fully saturated rings. The molecule has 1 saturated heterocycles. The van der Waals surface area contributed by atoms with E-state index < -0.39 is 48.6 Å². The summed E-state index contributed by atoms with van der Waals surface area (Å²) in [6, 6.07) is 6.47. The van der Waals surface area contributed by atoms with Gasteiger partial charge in [-0.05, 0) is 19.8 Å². The Morgan fingerprint density at radius 3 is 2.25 bits per heavy atom. The third kappa shape index (κ3) is 4.35. The van der Waals surface area contributed by atoms with E-state index in [1.165, 1.54) is 6.92 Å². The highest BCUT2D eigenvalue weighted by Gasteiger charge is 2.46. The number of carboxylic acid groups (broad SMARTS) is 1. The number of benzene rings is 1. The van der Waals surface area contributed by atoms with E-state index in [9.17, 15) is 39.6 Å². The highest BCUT2D eigenvalue weighted by atomic mass is 16.7. The summed E-state index contributed by atoms with van der Waals surface area (Å²) in [7, 11) is 0. The number of carbonyl (C=O) groups excluding carboxylic acids is 4. The Morgan fingerprint density at radius 2 is 1.66 bits per heavy atom. The summed E-state index contributed by atoms with van der Waals surface area (Å²) >= 11 is 0. The van der Waals surface area contributed by atoms with Gasteiger partial charge in [-0.2, -0.15) is 0 Å². The zero-order chi connectivity index (χ0) is 23.7. The minimum atomic E-state index is -2.00. The van der Waals surface area contributed by atoms with E-state index in [2.05, 4.69) is 0 Å². The van der Waals surface area contributed by atoms with Crippen molar-refractivity contribution in [1.82, 2.24) is 0 Å². The van der Waals surface area contributed by atoms with Gasteiger partial charge in [-0.1, -0.05) is 31.2 Å². The lowest BCUT2D eigenvalue weighted by molar-refractivity contribution is -0.346. The van der Waals surface area contributed by atoms with E-state index in [0.29, 0.717) is 16.7 Å². The number of carboxylic acids is 1. The Labute approximate surface area is 183 Å². The molecule has 0 radical (unpaired) electrons. The van der Waals surface area contributed by atoms with Crippen LogP contribution in [0.15, 0.2) is 35.4 Å². The van der Waals surface area contributed by atoms with Crippen molar-refractivity contribution >= 4 is 23.5 Å². The standard InChI is InChI=1S/C22H24O10/c1-9(21(30)32-22-18(27)16(25)17(26)19(31-22)20(28)29)7-8-11-10(2)14(23)12-5-3-4-6-13(12)15(11)24/h3-6,9,16-19,22,25-27H,7-8H2,1-2H3,(H,28,29)/p-1/t9?,16-,17-,18+,19-,22-/m0/s1. The first-order chi connectivity index (χ1) is 15.0. The first kappa shape index (κ1) is 23.7. The van der Waals surface area contributed by atoms with E-state index >= 15 is 0 Å². The molecule has 0 amide bonds. The van der Waals surface area contributed by atoms with Gasteiger partial charge >= 0.3 is 5.97 Å². The zero-order valence-electron chi connectivity index (χ0n) is 17.4. The molecule has 172 valence electrons. The molecule has 1 aliphatic carbocycles. The van der Waals surface area contributed by atoms with Crippen molar-refractivity contribution in [2.45, 2.75) is 57.4 Å². The largest absolute Gasteiger partial charge is 0.547 e. The number of aliphatic carboxylic acids is 1. The molecule has 0 saturated carbocycles. The maximum atomic E-state index is 12.8. The fraction of sp³-hybridized carbons (Fsp3) is 0.455. The number of ether oxygens (including phenoxy) is 2. The molecule has 1 aromatic carbocycles. The Balaban J connectivity index is 1.65. The van der Waals surface area contributed by atoms with E-state index in [1.807, 2.05) is 0 Å². The van der Waals surface area contributed by atoms with Gasteiger partial charge < -0.3 is 34.7 Å². The summed E-state index contributed by atoms with van der Waals surface area (Å²) < 4.78 is 9.87. The Bertz CT molecular complexity index is 981. The summed E-state index contributed by atoms with van der Waals surface area (Å²) in [5, 5.41) is 40.4. The number of carbonyl (C=O) groups is 4. The number of hydrogen-bond donors (Lipinski definition) is 3. The number of aliphatic hydroxyl groups is 3. The van der Waals surface area contributed by atoms with Crippen LogP contribution < -0.4 is 5.11 Å². The summed E-state index contributed by atoms with van der Waals surface area (Å²) in [4.78, 5) is 48.8. The summed E-state index contributed by atoms with van der Waals surface area (Å²) in [6.45, 7) is 3.03. The Morgan fingerprint density at radius 1 is 1.06 bits per heavy atom. The number of rotatable bonds is 6. The lowest BCUT2D eigenvalue weighted by Crippen LogP contribution is -2.63. The molecule has 2 aliphatic rings. The first-order valence-electron chi connectivity index (χ1n) is 10.0. The van der Waals surface area contributed by atoms with Gasteiger partial charge in [-0.25, -0.2) is 0 Å². The van der Waals surface area contributed by atoms with Crippen LogP contribution in [0.3, 0.4) is 0 Å². The molecule has 3 N–H and O–H groups in total. The number of hydrogen-bond acceptors (Lipinski definition) is 10. The third-order valence-electron chi connectivity index (χ3n) is 5.75. The van der Waals surface area contributed by atoms with Crippen LogP contribution in [0.5, 0.6) is 0 Å². The fourth-order valence-corrected chi connectivity index (χ4v) is 3.70. The lowest BCUT2D eigenvalue weighted by atomic mass is 9.82. The second-order valence-corrected chi connectivity index (χ2v) is 7.90. The Kier molecular flexibility index (Phi) is 6.89. The van der Waals surface area contributed by atoms with Gasteiger partial charge in [0.1, 0.15) is 24.4 Å². The second-order valence-electron chi connectivity index (χ2n) is 7.90. The number of aliphatic hydroxyl groups excluding tert-OH is 3. The molecule has 1 unspecified atom stereocenters. The molecular formula is C22H23O10-. The van der Waals surface area contributed by atoms with Crippen molar-refractivity contribution in [2.24, 2.45) is 5.92 Å². The second kappa shape index (κ2) is 9.29. The lowest BCUT2D eigenvalue weighted by Gasteiger charge is -2.40. The van der Waals surface area contributed by atoms with Crippen LogP contribution in [0.1, 0.15) is 47.4 Å². The van der Waals surface area contributed by atoms with Crippen molar-refractivity contribution in [2.75, 3.05) is 0 Å². The van der Waals surface area contributed by atoms with Crippen molar-refractivity contribution in [1.29, 1.82) is 0 Å². The van der Waals surface area contributed by atoms with Crippen LogP contribution in [0.2, 0.25) is 0 Å². The molecule has 0 aromatic heterocycles. The zero-order valence-corrected chi connectivity index (χ0v) is 17.4. The van der Waals surface area contributed by atoms with Gasteiger partial charge in [0.05, 0.1) is 11.9 Å². The summed E-state index contributed by atoms with van der Waals surface area (Å²) in [5.41, 5.74) is 1.22. The van der Waals surface area contributed by atoms with Crippen LogP contribution in [0.25, 0.3) is 0 Å². The average molecular weight is 447 g/mol. The van der Waals surface area contributed by atoms with Gasteiger partial charge in [0, 0.05) is 22.3 Å². The van der Waals surface area contributed by atoms with Crippen LogP contribution >= 0.6 is 0 Å². The maximum absolute atomic E-state index is 12.8. The van der Waals surface area contributed by atoms with Gasteiger partial charge in [0.15, 0.2) is 11.6 Å². The van der Waals surface area contributed by atoms with Crippen molar-refractivity contribution in [3.05, 3.63) is 46.5 Å². The normalized spacial score (nSPS) is 28.8. The molecule has 10 nitrogen and oxygen atoms in total. The topological polar surface area (TPSA) is 170 Å². The van der Waals surface area contributed by atoms with Crippen LogP contribution in [-0.4, -0.2) is 69.5 Å². The Hall–Kier alpha value is -2.92. The van der Waals surface area contributed by atoms with E-state index in [4.69, 9.17) is 9.47 Å². The number of allylic oxidation sites excluding steroid dienone is 2. The van der Waals surface area contributed by atoms with Crippen LogP contribution in [0.4, 0.5) is 0 Å². The molecule has 10 heteroatoms. The fourth-order valence-electron chi connectivity index (χ4n) is 3.70. The number of fused-ring (bicyclic) bond motifs is 1. The van der Waals surface area contributed by atoms with Crippen molar-refractivity contribution in [3.8, 4) is 0 Å². The van der Waals surface area contributed by atoms with E-state index in [-0.39, 0.29) is 30.0 Å². The molecule has 3 rings (SSSR count). The SMILES string of the molecule is CC1=C(CCC(C)C(=O)O[C@@H]2O[C@H](C(=O)[O-])[C@@H](O)[C@H](O)[C@H]2O)C(=O)c2ccccc2C1=O.